The summed E-state index contributed by atoms with van der Waals surface area (Å²) in [6, 6.07) is 17.0. The molecule has 3 aromatic rings. The Labute approximate surface area is 168 Å². The van der Waals surface area contributed by atoms with Gasteiger partial charge in [-0.15, -0.1) is 0 Å². The lowest BCUT2D eigenvalue weighted by Gasteiger charge is -2.26. The normalized spacial score (nSPS) is 14.8. The lowest BCUT2D eigenvalue weighted by molar-refractivity contribution is 0.0342. The second-order valence-corrected chi connectivity index (χ2v) is 7.15. The van der Waals surface area contributed by atoms with Crippen LogP contribution in [-0.2, 0) is 11.3 Å². The second-order valence-electron chi connectivity index (χ2n) is 6.71. The van der Waals surface area contributed by atoms with Gasteiger partial charge in [0.05, 0.1) is 18.9 Å². The standard InChI is InChI=1S/C21H21ClN4O2/c22-17-5-3-16(4-6-17)19-13-20(25-24-19)21(27)23-18-7-1-15(2-8-18)14-26-9-11-28-12-10-26/h1-8,13H,9-12,14H2,(H,23,27)(H,24,25). The molecule has 1 aliphatic heterocycles. The van der Waals surface area contributed by atoms with Crippen LogP contribution in [0.2, 0.25) is 5.02 Å². The first-order chi connectivity index (χ1) is 13.7. The first-order valence-electron chi connectivity index (χ1n) is 9.19. The fraction of sp³-hybridized carbons (Fsp3) is 0.238. The number of aromatic nitrogens is 2. The molecule has 28 heavy (non-hydrogen) atoms. The molecular formula is C21H21ClN4O2. The third-order valence-electron chi connectivity index (χ3n) is 4.68. The van der Waals surface area contributed by atoms with Gasteiger partial charge < -0.3 is 10.1 Å². The van der Waals surface area contributed by atoms with Crippen LogP contribution in [0.4, 0.5) is 5.69 Å². The van der Waals surface area contributed by atoms with Crippen LogP contribution in [0.3, 0.4) is 0 Å². The van der Waals surface area contributed by atoms with Gasteiger partial charge in [0.2, 0.25) is 0 Å². The highest BCUT2D eigenvalue weighted by Gasteiger charge is 2.13. The van der Waals surface area contributed by atoms with E-state index in [2.05, 4.69) is 20.4 Å². The van der Waals surface area contributed by atoms with Gasteiger partial charge in [-0.1, -0.05) is 35.9 Å². The topological polar surface area (TPSA) is 70.2 Å². The number of morpholine rings is 1. The number of H-pyrrole nitrogens is 1. The van der Waals surface area contributed by atoms with E-state index in [0.717, 1.165) is 44.1 Å². The van der Waals surface area contributed by atoms with E-state index in [0.29, 0.717) is 16.4 Å². The SMILES string of the molecule is O=C(Nc1ccc(CN2CCOCC2)cc1)c1cc(-c2ccc(Cl)cc2)n[nH]1. The Balaban J connectivity index is 1.37. The molecule has 2 N–H and O–H groups in total. The Morgan fingerprint density at radius 2 is 1.82 bits per heavy atom. The number of halogens is 1. The number of nitrogens with zero attached hydrogens (tertiary/aromatic N) is 2. The first-order valence-corrected chi connectivity index (χ1v) is 9.57. The molecule has 1 amide bonds. The monoisotopic (exact) mass is 396 g/mol. The lowest BCUT2D eigenvalue weighted by atomic mass is 10.1. The molecule has 0 aliphatic carbocycles. The highest BCUT2D eigenvalue weighted by molar-refractivity contribution is 6.30. The van der Waals surface area contributed by atoms with Crippen LogP contribution in [0.25, 0.3) is 11.3 Å². The number of carbonyl (C=O) groups is 1. The minimum Gasteiger partial charge on any atom is -0.379 e. The second kappa shape index (κ2) is 8.56. The van der Waals surface area contributed by atoms with Crippen LogP contribution in [0.15, 0.2) is 54.6 Å². The summed E-state index contributed by atoms with van der Waals surface area (Å²) in [5, 5.41) is 10.6. The van der Waals surface area contributed by atoms with Gasteiger partial charge in [-0.25, -0.2) is 0 Å². The Kier molecular flexibility index (Phi) is 5.71. The average molecular weight is 397 g/mol. The third-order valence-corrected chi connectivity index (χ3v) is 4.94. The summed E-state index contributed by atoms with van der Waals surface area (Å²) in [6.07, 6.45) is 0. The maximum Gasteiger partial charge on any atom is 0.273 e. The molecule has 0 atom stereocenters. The van der Waals surface area contributed by atoms with E-state index in [-0.39, 0.29) is 5.91 Å². The van der Waals surface area contributed by atoms with Gasteiger partial charge in [0.25, 0.3) is 5.91 Å². The number of rotatable bonds is 5. The number of anilines is 1. The number of aromatic amines is 1. The van der Waals surface area contributed by atoms with Crippen molar-refractivity contribution in [2.75, 3.05) is 31.6 Å². The highest BCUT2D eigenvalue weighted by atomic mass is 35.5. The number of hydrogen-bond donors (Lipinski definition) is 2. The van der Waals surface area contributed by atoms with E-state index in [1.165, 1.54) is 5.56 Å². The molecule has 1 saturated heterocycles. The van der Waals surface area contributed by atoms with Gasteiger partial charge in [0.15, 0.2) is 0 Å². The fourth-order valence-corrected chi connectivity index (χ4v) is 3.24. The molecule has 1 aromatic heterocycles. The maximum atomic E-state index is 12.5. The molecule has 0 bridgehead atoms. The van der Waals surface area contributed by atoms with E-state index in [4.69, 9.17) is 16.3 Å². The summed E-state index contributed by atoms with van der Waals surface area (Å²) in [5.41, 5.74) is 3.96. The first kappa shape index (κ1) is 18.7. The molecule has 1 fully saturated rings. The lowest BCUT2D eigenvalue weighted by Crippen LogP contribution is -2.35. The molecule has 1 aliphatic rings. The van der Waals surface area contributed by atoms with Crippen LogP contribution >= 0.6 is 11.6 Å². The Morgan fingerprint density at radius 1 is 1.11 bits per heavy atom. The van der Waals surface area contributed by atoms with E-state index >= 15 is 0 Å². The number of ether oxygens (including phenoxy) is 1. The summed E-state index contributed by atoms with van der Waals surface area (Å²) in [7, 11) is 0. The van der Waals surface area contributed by atoms with Crippen molar-refractivity contribution < 1.29 is 9.53 Å². The third kappa shape index (κ3) is 4.59. The van der Waals surface area contributed by atoms with Crippen molar-refractivity contribution in [3.63, 3.8) is 0 Å². The van der Waals surface area contributed by atoms with Gasteiger partial charge in [0, 0.05) is 35.9 Å². The summed E-state index contributed by atoms with van der Waals surface area (Å²) < 4.78 is 5.37. The van der Waals surface area contributed by atoms with E-state index in [1.54, 1.807) is 18.2 Å². The molecule has 2 aromatic carbocycles. The smallest absolute Gasteiger partial charge is 0.273 e. The zero-order valence-electron chi connectivity index (χ0n) is 15.3. The van der Waals surface area contributed by atoms with Crippen LogP contribution in [0.1, 0.15) is 16.1 Å². The summed E-state index contributed by atoms with van der Waals surface area (Å²) in [6.45, 7) is 4.37. The van der Waals surface area contributed by atoms with Gasteiger partial charge >= 0.3 is 0 Å². The van der Waals surface area contributed by atoms with Crippen molar-refractivity contribution in [3.8, 4) is 11.3 Å². The minimum absolute atomic E-state index is 0.228. The van der Waals surface area contributed by atoms with Crippen molar-refractivity contribution in [3.05, 3.63) is 70.9 Å². The Bertz CT molecular complexity index is 932. The number of amides is 1. The molecular weight excluding hydrogens is 376 g/mol. The summed E-state index contributed by atoms with van der Waals surface area (Å²) >= 11 is 5.91. The average Bonchev–Trinajstić information content (AvgIpc) is 3.21. The van der Waals surface area contributed by atoms with Crippen LogP contribution < -0.4 is 5.32 Å². The predicted molar refractivity (Wildman–Crippen MR) is 110 cm³/mol. The molecule has 0 spiro atoms. The van der Waals surface area contributed by atoms with Gasteiger partial charge in [-0.05, 0) is 35.9 Å². The number of benzene rings is 2. The van der Waals surface area contributed by atoms with Crippen LogP contribution in [-0.4, -0.2) is 47.3 Å². The van der Waals surface area contributed by atoms with Gasteiger partial charge in [-0.3, -0.25) is 14.8 Å². The predicted octanol–water partition coefficient (Wildman–Crippen LogP) is 3.81. The zero-order valence-corrected chi connectivity index (χ0v) is 16.1. The highest BCUT2D eigenvalue weighted by Crippen LogP contribution is 2.21. The minimum atomic E-state index is -0.228. The summed E-state index contributed by atoms with van der Waals surface area (Å²) in [4.78, 5) is 14.9. The largest absolute Gasteiger partial charge is 0.379 e. The molecule has 2 heterocycles. The Morgan fingerprint density at radius 3 is 2.54 bits per heavy atom. The van der Waals surface area contributed by atoms with Gasteiger partial charge in [-0.2, -0.15) is 5.10 Å². The quantitative estimate of drug-likeness (QED) is 0.688. The molecule has 4 rings (SSSR count). The van der Waals surface area contributed by atoms with Crippen molar-refractivity contribution >= 4 is 23.2 Å². The molecule has 0 radical (unpaired) electrons. The molecule has 144 valence electrons. The maximum absolute atomic E-state index is 12.5. The van der Waals surface area contributed by atoms with E-state index < -0.39 is 0 Å². The van der Waals surface area contributed by atoms with Crippen LogP contribution in [0, 0.1) is 0 Å². The molecule has 6 nitrogen and oxygen atoms in total. The fourth-order valence-electron chi connectivity index (χ4n) is 3.12. The van der Waals surface area contributed by atoms with Gasteiger partial charge in [0.1, 0.15) is 5.69 Å². The van der Waals surface area contributed by atoms with Crippen molar-refractivity contribution in [2.45, 2.75) is 6.54 Å². The van der Waals surface area contributed by atoms with Crippen molar-refractivity contribution in [1.29, 1.82) is 0 Å². The summed E-state index contributed by atoms with van der Waals surface area (Å²) in [5.74, 6) is -0.228. The molecule has 7 heteroatoms. The number of nitrogens with one attached hydrogen (secondary N) is 2. The number of carbonyl (C=O) groups excluding carboxylic acids is 1. The number of hydrogen-bond acceptors (Lipinski definition) is 4. The van der Waals surface area contributed by atoms with Crippen molar-refractivity contribution in [2.24, 2.45) is 0 Å². The van der Waals surface area contributed by atoms with E-state index in [1.807, 2.05) is 36.4 Å². The van der Waals surface area contributed by atoms with Crippen LogP contribution in [0.5, 0.6) is 0 Å². The Hall–Kier alpha value is -2.67. The molecule has 0 saturated carbocycles. The van der Waals surface area contributed by atoms with Crippen molar-refractivity contribution in [1.82, 2.24) is 15.1 Å². The van der Waals surface area contributed by atoms with E-state index in [9.17, 15) is 4.79 Å². The zero-order chi connectivity index (χ0) is 19.3. The molecule has 0 unspecified atom stereocenters.